The van der Waals surface area contributed by atoms with Gasteiger partial charge in [0.15, 0.2) is 0 Å². The van der Waals surface area contributed by atoms with Crippen molar-refractivity contribution in [3.63, 3.8) is 0 Å². The van der Waals surface area contributed by atoms with Gasteiger partial charge in [-0.1, -0.05) is 15.9 Å². The van der Waals surface area contributed by atoms with E-state index in [9.17, 15) is 4.39 Å². The lowest BCUT2D eigenvalue weighted by Crippen LogP contribution is -2.06. The largest absolute Gasteiger partial charge is 0.370 e. The van der Waals surface area contributed by atoms with Crippen LogP contribution in [-0.2, 0) is 0 Å². The molecule has 0 bridgehead atoms. The minimum absolute atomic E-state index is 0.285. The molecule has 100 valence electrons. The van der Waals surface area contributed by atoms with Crippen LogP contribution in [0.2, 0.25) is 0 Å². The van der Waals surface area contributed by atoms with Crippen molar-refractivity contribution in [3.05, 3.63) is 39.9 Å². The highest BCUT2D eigenvalue weighted by molar-refractivity contribution is 9.10. The fourth-order valence-corrected chi connectivity index (χ4v) is 2.27. The Bertz CT molecular complexity index is 614. The van der Waals surface area contributed by atoms with E-state index in [0.29, 0.717) is 17.1 Å². The van der Waals surface area contributed by atoms with Crippen LogP contribution >= 0.6 is 15.9 Å². The molecule has 3 nitrogen and oxygen atoms in total. The fourth-order valence-electron chi connectivity index (χ4n) is 1.91. The summed E-state index contributed by atoms with van der Waals surface area (Å²) in [6.07, 6.45) is 0. The average Bonchev–Trinajstić information content (AvgIpc) is 2.37. The van der Waals surface area contributed by atoms with Crippen LogP contribution in [-0.4, -0.2) is 16.5 Å². The molecule has 1 aromatic carbocycles. The maximum absolute atomic E-state index is 14.0. The van der Waals surface area contributed by atoms with Crippen molar-refractivity contribution in [2.24, 2.45) is 0 Å². The molecule has 0 aliphatic rings. The van der Waals surface area contributed by atoms with Gasteiger partial charge >= 0.3 is 0 Å². The van der Waals surface area contributed by atoms with Crippen molar-refractivity contribution in [3.8, 4) is 11.3 Å². The molecule has 0 amide bonds. The van der Waals surface area contributed by atoms with Crippen LogP contribution in [0.25, 0.3) is 11.3 Å². The van der Waals surface area contributed by atoms with E-state index in [2.05, 4.69) is 31.2 Å². The van der Waals surface area contributed by atoms with E-state index in [1.54, 1.807) is 19.1 Å². The second-order valence-electron chi connectivity index (χ2n) is 4.25. The summed E-state index contributed by atoms with van der Waals surface area (Å²) in [5.74, 6) is 1.09. The SMILES string of the molecule is CCNc1nc(C)nc(-c2cc(Br)ccc2F)c1C. The Labute approximate surface area is 120 Å². The van der Waals surface area contributed by atoms with Crippen LogP contribution in [0.15, 0.2) is 22.7 Å². The molecule has 1 N–H and O–H groups in total. The van der Waals surface area contributed by atoms with Crippen molar-refractivity contribution in [1.82, 2.24) is 9.97 Å². The van der Waals surface area contributed by atoms with E-state index in [0.717, 1.165) is 22.4 Å². The van der Waals surface area contributed by atoms with Gasteiger partial charge in [-0.05, 0) is 39.0 Å². The van der Waals surface area contributed by atoms with E-state index in [1.165, 1.54) is 6.07 Å². The second kappa shape index (κ2) is 5.65. The normalized spacial score (nSPS) is 10.6. The summed E-state index contributed by atoms with van der Waals surface area (Å²) >= 11 is 3.36. The molecule has 1 heterocycles. The molecular formula is C14H15BrFN3. The highest BCUT2D eigenvalue weighted by Crippen LogP contribution is 2.29. The molecule has 5 heteroatoms. The number of halogens is 2. The number of nitrogens with one attached hydrogen (secondary N) is 1. The highest BCUT2D eigenvalue weighted by atomic mass is 79.9. The quantitative estimate of drug-likeness (QED) is 0.924. The maximum Gasteiger partial charge on any atom is 0.133 e. The van der Waals surface area contributed by atoms with Crippen LogP contribution in [0.5, 0.6) is 0 Å². The molecule has 0 saturated carbocycles. The van der Waals surface area contributed by atoms with Crippen LogP contribution in [0, 0.1) is 19.7 Å². The first kappa shape index (κ1) is 13.9. The number of aromatic nitrogens is 2. The van der Waals surface area contributed by atoms with Crippen molar-refractivity contribution < 1.29 is 4.39 Å². The fraction of sp³-hybridized carbons (Fsp3) is 0.286. The predicted molar refractivity (Wildman–Crippen MR) is 78.8 cm³/mol. The van der Waals surface area contributed by atoms with Gasteiger partial charge in [0.2, 0.25) is 0 Å². The monoisotopic (exact) mass is 323 g/mol. The number of hydrogen-bond acceptors (Lipinski definition) is 3. The number of benzene rings is 1. The van der Waals surface area contributed by atoms with Crippen molar-refractivity contribution in [2.45, 2.75) is 20.8 Å². The lowest BCUT2D eigenvalue weighted by molar-refractivity contribution is 0.630. The Balaban J connectivity index is 2.64. The van der Waals surface area contributed by atoms with Crippen LogP contribution < -0.4 is 5.32 Å². The zero-order valence-electron chi connectivity index (χ0n) is 11.1. The van der Waals surface area contributed by atoms with Gasteiger partial charge in [0.25, 0.3) is 0 Å². The Morgan fingerprint density at radius 1 is 1.26 bits per heavy atom. The van der Waals surface area contributed by atoms with Crippen LogP contribution in [0.3, 0.4) is 0 Å². The predicted octanol–water partition coefficient (Wildman–Crippen LogP) is 4.09. The van der Waals surface area contributed by atoms with Gasteiger partial charge < -0.3 is 5.32 Å². The summed E-state index contributed by atoms with van der Waals surface area (Å²) < 4.78 is 14.8. The highest BCUT2D eigenvalue weighted by Gasteiger charge is 2.14. The van der Waals surface area contributed by atoms with Crippen molar-refractivity contribution >= 4 is 21.7 Å². The Hall–Kier alpha value is -1.49. The Kier molecular flexibility index (Phi) is 4.14. The zero-order valence-corrected chi connectivity index (χ0v) is 12.7. The third kappa shape index (κ3) is 2.92. The average molecular weight is 324 g/mol. The molecule has 0 aliphatic heterocycles. The van der Waals surface area contributed by atoms with Gasteiger partial charge in [0.05, 0.1) is 5.69 Å². The van der Waals surface area contributed by atoms with E-state index in [1.807, 2.05) is 13.8 Å². The number of nitrogens with zero attached hydrogens (tertiary/aromatic N) is 2. The summed E-state index contributed by atoms with van der Waals surface area (Å²) in [6, 6.07) is 4.84. The second-order valence-corrected chi connectivity index (χ2v) is 5.16. The molecule has 1 aromatic heterocycles. The minimum atomic E-state index is -0.285. The number of anilines is 1. The summed E-state index contributed by atoms with van der Waals surface area (Å²) in [7, 11) is 0. The molecule has 0 atom stereocenters. The van der Waals surface area contributed by atoms with Crippen LogP contribution in [0.1, 0.15) is 18.3 Å². The van der Waals surface area contributed by atoms with Crippen molar-refractivity contribution in [1.29, 1.82) is 0 Å². The van der Waals surface area contributed by atoms with Gasteiger partial charge in [0.1, 0.15) is 17.5 Å². The lowest BCUT2D eigenvalue weighted by Gasteiger charge is -2.13. The van der Waals surface area contributed by atoms with Gasteiger partial charge in [-0.2, -0.15) is 0 Å². The third-order valence-corrected chi connectivity index (χ3v) is 3.28. The van der Waals surface area contributed by atoms with E-state index in [-0.39, 0.29) is 5.82 Å². The molecule has 2 aromatic rings. The van der Waals surface area contributed by atoms with E-state index < -0.39 is 0 Å². The summed E-state index contributed by atoms with van der Waals surface area (Å²) in [6.45, 7) is 6.46. The summed E-state index contributed by atoms with van der Waals surface area (Å²) in [4.78, 5) is 8.72. The first-order valence-corrected chi connectivity index (χ1v) is 6.86. The smallest absolute Gasteiger partial charge is 0.133 e. The van der Waals surface area contributed by atoms with Gasteiger partial charge in [-0.25, -0.2) is 14.4 Å². The van der Waals surface area contributed by atoms with E-state index >= 15 is 0 Å². The maximum atomic E-state index is 14.0. The molecule has 0 unspecified atom stereocenters. The first-order chi connectivity index (χ1) is 9.02. The Morgan fingerprint density at radius 3 is 2.68 bits per heavy atom. The molecule has 19 heavy (non-hydrogen) atoms. The summed E-state index contributed by atoms with van der Waals surface area (Å²) in [5, 5.41) is 3.18. The zero-order chi connectivity index (χ0) is 14.0. The Morgan fingerprint density at radius 2 is 2.00 bits per heavy atom. The number of aryl methyl sites for hydroxylation is 1. The molecule has 0 saturated heterocycles. The van der Waals surface area contributed by atoms with Crippen molar-refractivity contribution in [2.75, 3.05) is 11.9 Å². The number of rotatable bonds is 3. The minimum Gasteiger partial charge on any atom is -0.370 e. The standard InChI is InChI=1S/C14H15BrFN3/c1-4-17-14-8(2)13(18-9(3)19-14)11-7-10(15)5-6-12(11)16/h5-7H,4H2,1-3H3,(H,17,18,19). The van der Waals surface area contributed by atoms with Crippen LogP contribution in [0.4, 0.5) is 10.2 Å². The summed E-state index contributed by atoms with van der Waals surface area (Å²) in [5.41, 5.74) is 1.96. The van der Waals surface area contributed by atoms with Gasteiger partial charge in [-0.3, -0.25) is 0 Å². The number of hydrogen-bond donors (Lipinski definition) is 1. The van der Waals surface area contributed by atoms with Gasteiger partial charge in [-0.15, -0.1) is 0 Å². The molecule has 0 aliphatic carbocycles. The molecule has 0 fully saturated rings. The van der Waals surface area contributed by atoms with Gasteiger partial charge in [0, 0.05) is 22.1 Å². The molecular weight excluding hydrogens is 309 g/mol. The topological polar surface area (TPSA) is 37.8 Å². The first-order valence-electron chi connectivity index (χ1n) is 6.07. The third-order valence-electron chi connectivity index (χ3n) is 2.79. The van der Waals surface area contributed by atoms with E-state index in [4.69, 9.17) is 0 Å². The molecule has 0 spiro atoms. The lowest BCUT2D eigenvalue weighted by atomic mass is 10.1. The molecule has 2 rings (SSSR count). The molecule has 0 radical (unpaired) electrons.